The Morgan fingerprint density at radius 3 is 3.12 bits per heavy atom. The van der Waals surface area contributed by atoms with E-state index >= 15 is 0 Å². The topological polar surface area (TPSA) is 52.0 Å². The molecule has 24 heavy (non-hydrogen) atoms. The van der Waals surface area contributed by atoms with E-state index in [0.717, 1.165) is 53.5 Å². The maximum absolute atomic E-state index is 6.24. The summed E-state index contributed by atoms with van der Waals surface area (Å²) in [6.45, 7) is 3.21. The Morgan fingerprint density at radius 1 is 1.29 bits per heavy atom. The molecule has 1 aliphatic rings. The first-order valence-electron chi connectivity index (χ1n) is 8.16. The Hall–Kier alpha value is -2.11. The number of benzene rings is 1. The highest BCUT2D eigenvalue weighted by atomic mass is 35.5. The number of fused-ring (bicyclic) bond motifs is 1. The van der Waals surface area contributed by atoms with Gasteiger partial charge in [0, 0.05) is 48.3 Å². The van der Waals surface area contributed by atoms with E-state index in [4.69, 9.17) is 16.3 Å². The molecule has 3 heterocycles. The number of hydrogen-bond acceptors (Lipinski definition) is 4. The van der Waals surface area contributed by atoms with Gasteiger partial charge >= 0.3 is 0 Å². The van der Waals surface area contributed by atoms with Crippen molar-refractivity contribution < 1.29 is 4.74 Å². The highest BCUT2D eigenvalue weighted by molar-refractivity contribution is 6.31. The first-order valence-corrected chi connectivity index (χ1v) is 8.54. The molecule has 0 saturated carbocycles. The smallest absolute Gasteiger partial charge is 0.124 e. The van der Waals surface area contributed by atoms with Gasteiger partial charge < -0.3 is 10.1 Å². The molecule has 1 fully saturated rings. The van der Waals surface area contributed by atoms with Gasteiger partial charge in [0.1, 0.15) is 5.82 Å². The quantitative estimate of drug-likeness (QED) is 0.767. The van der Waals surface area contributed by atoms with Crippen molar-refractivity contribution in [1.29, 1.82) is 0 Å². The fourth-order valence-corrected chi connectivity index (χ4v) is 3.40. The van der Waals surface area contributed by atoms with Crippen LogP contribution in [0.3, 0.4) is 0 Å². The van der Waals surface area contributed by atoms with E-state index in [1.807, 2.05) is 47.4 Å². The summed E-state index contributed by atoms with van der Waals surface area (Å²) in [5, 5.41) is 9.67. The number of aromatic nitrogens is 3. The van der Waals surface area contributed by atoms with Crippen LogP contribution in [0.25, 0.3) is 10.9 Å². The first-order chi connectivity index (χ1) is 11.8. The van der Waals surface area contributed by atoms with E-state index in [1.54, 1.807) is 0 Å². The van der Waals surface area contributed by atoms with E-state index in [0.29, 0.717) is 12.5 Å². The molecule has 0 amide bonds. The van der Waals surface area contributed by atoms with E-state index in [2.05, 4.69) is 15.4 Å². The third kappa shape index (κ3) is 3.23. The van der Waals surface area contributed by atoms with Gasteiger partial charge in [-0.2, -0.15) is 5.10 Å². The summed E-state index contributed by atoms with van der Waals surface area (Å²) in [7, 11) is 0. The SMILES string of the molecule is Clc1cc(CNc2ccnn2C[C@H]2CCOC2)c2ncccc2c1. The van der Waals surface area contributed by atoms with Crippen molar-refractivity contribution in [3.8, 4) is 0 Å². The molecular weight excluding hydrogens is 324 g/mol. The van der Waals surface area contributed by atoms with Crippen molar-refractivity contribution in [1.82, 2.24) is 14.8 Å². The molecule has 0 spiro atoms. The second-order valence-corrected chi connectivity index (χ2v) is 6.56. The normalized spacial score (nSPS) is 17.5. The second-order valence-electron chi connectivity index (χ2n) is 6.12. The molecule has 1 atom stereocenters. The molecule has 3 aromatic rings. The molecule has 1 aliphatic heterocycles. The largest absolute Gasteiger partial charge is 0.381 e. The summed E-state index contributed by atoms with van der Waals surface area (Å²) in [4.78, 5) is 4.49. The average Bonchev–Trinajstić information content (AvgIpc) is 3.25. The minimum atomic E-state index is 0.541. The highest BCUT2D eigenvalue weighted by Crippen LogP contribution is 2.23. The van der Waals surface area contributed by atoms with E-state index < -0.39 is 0 Å². The molecule has 5 nitrogen and oxygen atoms in total. The van der Waals surface area contributed by atoms with Gasteiger partial charge in [-0.15, -0.1) is 0 Å². The van der Waals surface area contributed by atoms with Crippen LogP contribution in [0.1, 0.15) is 12.0 Å². The average molecular weight is 343 g/mol. The fourth-order valence-electron chi connectivity index (χ4n) is 3.15. The number of pyridine rings is 1. The molecule has 0 bridgehead atoms. The highest BCUT2D eigenvalue weighted by Gasteiger charge is 2.17. The molecule has 0 aliphatic carbocycles. The predicted octanol–water partition coefficient (Wildman–Crippen LogP) is 3.73. The van der Waals surface area contributed by atoms with Crippen LogP contribution >= 0.6 is 11.6 Å². The van der Waals surface area contributed by atoms with Crippen molar-refractivity contribution in [3.05, 3.63) is 53.3 Å². The van der Waals surface area contributed by atoms with Gasteiger partial charge in [0.2, 0.25) is 0 Å². The Morgan fingerprint density at radius 2 is 2.25 bits per heavy atom. The third-order valence-corrected chi connectivity index (χ3v) is 4.60. The van der Waals surface area contributed by atoms with Gasteiger partial charge in [0.15, 0.2) is 0 Å². The Kier molecular flexibility index (Phi) is 4.36. The second kappa shape index (κ2) is 6.79. The summed E-state index contributed by atoms with van der Waals surface area (Å²) in [5.74, 6) is 1.55. The lowest BCUT2D eigenvalue weighted by molar-refractivity contribution is 0.181. The third-order valence-electron chi connectivity index (χ3n) is 4.38. The molecular formula is C18H19ClN4O. The molecule has 6 heteroatoms. The maximum Gasteiger partial charge on any atom is 0.124 e. The van der Waals surface area contributed by atoms with Gasteiger partial charge in [-0.1, -0.05) is 17.7 Å². The minimum absolute atomic E-state index is 0.541. The zero-order valence-corrected chi connectivity index (χ0v) is 14.0. The van der Waals surface area contributed by atoms with Gasteiger partial charge in [0.25, 0.3) is 0 Å². The van der Waals surface area contributed by atoms with Gasteiger partial charge in [-0.3, -0.25) is 4.98 Å². The maximum atomic E-state index is 6.24. The number of ether oxygens (including phenoxy) is 1. The number of halogens is 1. The van der Waals surface area contributed by atoms with Crippen LogP contribution < -0.4 is 5.32 Å². The van der Waals surface area contributed by atoms with Crippen LogP contribution in [0.5, 0.6) is 0 Å². The zero-order valence-electron chi connectivity index (χ0n) is 13.3. The van der Waals surface area contributed by atoms with Crippen LogP contribution in [-0.2, 0) is 17.8 Å². The van der Waals surface area contributed by atoms with E-state index in [1.165, 1.54) is 0 Å². The minimum Gasteiger partial charge on any atom is -0.381 e. The van der Waals surface area contributed by atoms with Gasteiger partial charge in [-0.05, 0) is 30.2 Å². The van der Waals surface area contributed by atoms with Crippen molar-refractivity contribution in [3.63, 3.8) is 0 Å². The van der Waals surface area contributed by atoms with Crippen molar-refractivity contribution >= 4 is 28.3 Å². The van der Waals surface area contributed by atoms with Crippen LogP contribution in [0.4, 0.5) is 5.82 Å². The van der Waals surface area contributed by atoms with Crippen LogP contribution in [0, 0.1) is 5.92 Å². The summed E-state index contributed by atoms with van der Waals surface area (Å²) in [5.41, 5.74) is 2.06. The van der Waals surface area contributed by atoms with Crippen LogP contribution in [-0.4, -0.2) is 28.0 Å². The van der Waals surface area contributed by atoms with Crippen LogP contribution in [0.15, 0.2) is 42.7 Å². The van der Waals surface area contributed by atoms with E-state index in [9.17, 15) is 0 Å². The molecule has 4 rings (SSSR count). The van der Waals surface area contributed by atoms with E-state index in [-0.39, 0.29) is 0 Å². The molecule has 2 aromatic heterocycles. The Balaban J connectivity index is 1.52. The molecule has 0 radical (unpaired) electrons. The van der Waals surface area contributed by atoms with Crippen molar-refractivity contribution in [2.24, 2.45) is 5.92 Å². The standard InChI is InChI=1S/C18H19ClN4O/c19-16-8-14-2-1-5-20-18(14)15(9-16)10-21-17-3-6-22-23(17)11-13-4-7-24-12-13/h1-3,5-6,8-9,13,21H,4,7,10-12H2/t13-/m1/s1. The molecule has 1 aromatic carbocycles. The lowest BCUT2D eigenvalue weighted by Crippen LogP contribution is -2.15. The summed E-state index contributed by atoms with van der Waals surface area (Å²) in [6.07, 6.45) is 4.73. The zero-order chi connectivity index (χ0) is 16.4. The van der Waals surface area contributed by atoms with Crippen LogP contribution in [0.2, 0.25) is 5.02 Å². The summed E-state index contributed by atoms with van der Waals surface area (Å²) < 4.78 is 7.47. The lowest BCUT2D eigenvalue weighted by atomic mass is 10.1. The molecule has 1 saturated heterocycles. The molecule has 124 valence electrons. The molecule has 1 N–H and O–H groups in total. The Bertz CT molecular complexity index is 842. The van der Waals surface area contributed by atoms with Crippen molar-refractivity contribution in [2.45, 2.75) is 19.5 Å². The van der Waals surface area contributed by atoms with Gasteiger partial charge in [-0.25, -0.2) is 4.68 Å². The molecule has 0 unspecified atom stereocenters. The predicted molar refractivity (Wildman–Crippen MR) is 95.2 cm³/mol. The number of nitrogens with one attached hydrogen (secondary N) is 1. The number of rotatable bonds is 5. The summed E-state index contributed by atoms with van der Waals surface area (Å²) in [6, 6.07) is 9.86. The van der Waals surface area contributed by atoms with Gasteiger partial charge in [0.05, 0.1) is 18.3 Å². The lowest BCUT2D eigenvalue weighted by Gasteiger charge is -2.14. The summed E-state index contributed by atoms with van der Waals surface area (Å²) >= 11 is 6.24. The number of anilines is 1. The first kappa shape index (κ1) is 15.4. The Labute approximate surface area is 145 Å². The fraction of sp³-hybridized carbons (Fsp3) is 0.333. The number of nitrogens with zero attached hydrogens (tertiary/aromatic N) is 3. The monoisotopic (exact) mass is 342 g/mol. The van der Waals surface area contributed by atoms with Crippen molar-refractivity contribution in [2.75, 3.05) is 18.5 Å². The number of hydrogen-bond donors (Lipinski definition) is 1.